The zero-order chi connectivity index (χ0) is 13.4. The van der Waals surface area contributed by atoms with E-state index in [-0.39, 0.29) is 12.4 Å². The van der Waals surface area contributed by atoms with Gasteiger partial charge in [-0.3, -0.25) is 15.1 Å². The maximum absolute atomic E-state index is 4.86. The monoisotopic (exact) mass is 299 g/mol. The molecule has 4 heteroatoms. The van der Waals surface area contributed by atoms with E-state index in [0.29, 0.717) is 0 Å². The van der Waals surface area contributed by atoms with Crippen molar-refractivity contribution in [2.45, 2.75) is 25.7 Å². The molecule has 0 fully saturated rings. The second-order valence-electron chi connectivity index (χ2n) is 5.34. The predicted octanol–water partition coefficient (Wildman–Crippen LogP) is 4.21. The van der Waals surface area contributed by atoms with Crippen LogP contribution in [0.3, 0.4) is 0 Å². The Kier molecular flexibility index (Phi) is 3.84. The lowest BCUT2D eigenvalue weighted by Crippen LogP contribution is -2.14. The molecule has 0 radical (unpaired) electrons. The largest absolute Gasteiger partial charge is 0.294 e. The number of benzene rings is 1. The fraction of sp³-hybridized carbons (Fsp3) is 0.235. The van der Waals surface area contributed by atoms with Crippen LogP contribution in [0.1, 0.15) is 24.1 Å². The lowest BCUT2D eigenvalue weighted by atomic mass is 9.93. The van der Waals surface area contributed by atoms with Gasteiger partial charge in [-0.1, -0.05) is 18.2 Å². The van der Waals surface area contributed by atoms with Crippen molar-refractivity contribution in [2.75, 3.05) is 5.43 Å². The number of fused-ring (bicyclic) bond motifs is 2. The highest BCUT2D eigenvalue weighted by molar-refractivity contribution is 5.93. The smallest absolute Gasteiger partial charge is 0.0726 e. The minimum absolute atomic E-state index is 0. The third-order valence-corrected chi connectivity index (χ3v) is 4.01. The molecule has 0 unspecified atom stereocenters. The Morgan fingerprint density at radius 1 is 0.952 bits per heavy atom. The quantitative estimate of drug-likeness (QED) is 0.768. The summed E-state index contributed by atoms with van der Waals surface area (Å²) in [5, 5.41) is 1.21. The molecule has 0 saturated carbocycles. The van der Waals surface area contributed by atoms with E-state index in [0.717, 1.165) is 18.4 Å². The predicted molar refractivity (Wildman–Crippen MR) is 89.1 cm³/mol. The second kappa shape index (κ2) is 5.78. The van der Waals surface area contributed by atoms with Gasteiger partial charge in [-0.2, -0.15) is 0 Å². The van der Waals surface area contributed by atoms with Gasteiger partial charge in [-0.25, -0.2) is 0 Å². The molecule has 21 heavy (non-hydrogen) atoms. The van der Waals surface area contributed by atoms with Crippen molar-refractivity contribution in [2.24, 2.45) is 0 Å². The summed E-state index contributed by atoms with van der Waals surface area (Å²) in [6.45, 7) is 0. The van der Waals surface area contributed by atoms with Crippen LogP contribution in [0.25, 0.3) is 10.9 Å². The summed E-state index contributed by atoms with van der Waals surface area (Å²) in [5.74, 6) is 0. The van der Waals surface area contributed by atoms with Crippen LogP contribution in [0, 0.1) is 0 Å². The normalized spacial score (nSPS) is 13.5. The van der Waals surface area contributed by atoms with Crippen LogP contribution in [0.2, 0.25) is 0 Å². The van der Waals surface area contributed by atoms with Gasteiger partial charge in [-0.05, 0) is 49.4 Å². The highest BCUT2D eigenvalue weighted by Gasteiger charge is 2.17. The van der Waals surface area contributed by atoms with E-state index in [9.17, 15) is 0 Å². The number of pyridine rings is 1. The molecule has 1 aliphatic rings. The van der Waals surface area contributed by atoms with E-state index in [1.165, 1.54) is 35.2 Å². The summed E-state index contributed by atoms with van der Waals surface area (Å²) in [7, 11) is 0. The number of aromatic nitrogens is 2. The summed E-state index contributed by atoms with van der Waals surface area (Å²) >= 11 is 0. The first kappa shape index (κ1) is 14.0. The molecule has 3 nitrogen and oxygen atoms in total. The standard InChI is InChI=1S/C17H17N3.ClH/c1-3-9-15-13(7-1)17(19-20-11-5-6-12-20)14-8-2-4-10-16(14)18-15;/h1,3,5-7,9,11-12H,2,4,8,10H2,(H,18,19);1H. The molecule has 0 aliphatic heterocycles. The minimum atomic E-state index is 0. The van der Waals surface area contributed by atoms with Gasteiger partial charge in [0.05, 0.1) is 11.2 Å². The van der Waals surface area contributed by atoms with Gasteiger partial charge in [-0.15, -0.1) is 12.4 Å². The van der Waals surface area contributed by atoms with Crippen molar-refractivity contribution in [1.29, 1.82) is 0 Å². The van der Waals surface area contributed by atoms with Crippen LogP contribution in [0.4, 0.5) is 5.69 Å². The molecule has 1 N–H and O–H groups in total. The van der Waals surface area contributed by atoms with Crippen molar-refractivity contribution in [1.82, 2.24) is 9.66 Å². The number of nitrogens with one attached hydrogen (secondary N) is 1. The Labute approximate surface area is 130 Å². The Morgan fingerprint density at radius 2 is 1.71 bits per heavy atom. The molecule has 2 heterocycles. The summed E-state index contributed by atoms with van der Waals surface area (Å²) in [4.78, 5) is 4.86. The first-order valence-corrected chi connectivity index (χ1v) is 7.22. The fourth-order valence-corrected chi connectivity index (χ4v) is 3.04. The van der Waals surface area contributed by atoms with Gasteiger partial charge in [0.2, 0.25) is 0 Å². The molecule has 0 atom stereocenters. The van der Waals surface area contributed by atoms with E-state index in [1.54, 1.807) is 0 Å². The fourth-order valence-electron chi connectivity index (χ4n) is 3.04. The van der Waals surface area contributed by atoms with E-state index in [4.69, 9.17) is 4.98 Å². The average Bonchev–Trinajstić information content (AvgIpc) is 3.00. The van der Waals surface area contributed by atoms with E-state index in [1.807, 2.05) is 29.2 Å². The van der Waals surface area contributed by atoms with E-state index in [2.05, 4.69) is 29.7 Å². The molecule has 4 rings (SSSR count). The molecule has 2 aromatic heterocycles. The number of nitrogens with zero attached hydrogens (tertiary/aromatic N) is 2. The first-order valence-electron chi connectivity index (χ1n) is 7.22. The van der Waals surface area contributed by atoms with Crippen LogP contribution in [-0.2, 0) is 12.8 Å². The summed E-state index contributed by atoms with van der Waals surface area (Å²) in [6, 6.07) is 12.5. The Hall–Kier alpha value is -2.00. The zero-order valence-corrected chi connectivity index (χ0v) is 12.6. The third kappa shape index (κ3) is 2.49. The number of para-hydroxylation sites is 1. The van der Waals surface area contributed by atoms with Crippen molar-refractivity contribution >= 4 is 29.0 Å². The van der Waals surface area contributed by atoms with Gasteiger partial charge < -0.3 is 0 Å². The lowest BCUT2D eigenvalue weighted by molar-refractivity contribution is 0.671. The number of aryl methyl sites for hydroxylation is 1. The molecule has 1 aliphatic carbocycles. The topological polar surface area (TPSA) is 29.9 Å². The maximum Gasteiger partial charge on any atom is 0.0726 e. The molecule has 0 saturated heterocycles. The molecule has 1 aromatic carbocycles. The number of hydrogen-bond acceptors (Lipinski definition) is 2. The Bertz CT molecular complexity index is 750. The Morgan fingerprint density at radius 3 is 2.57 bits per heavy atom. The number of anilines is 1. The Balaban J connectivity index is 0.00000132. The van der Waals surface area contributed by atoms with Crippen LogP contribution in [0.15, 0.2) is 48.8 Å². The van der Waals surface area contributed by atoms with Crippen molar-refractivity contribution in [3.8, 4) is 0 Å². The summed E-state index contributed by atoms with van der Waals surface area (Å²) < 4.78 is 2.01. The van der Waals surface area contributed by atoms with E-state index < -0.39 is 0 Å². The highest BCUT2D eigenvalue weighted by atomic mass is 35.5. The molecule has 0 spiro atoms. The molecule has 0 bridgehead atoms. The van der Waals surface area contributed by atoms with Crippen molar-refractivity contribution < 1.29 is 0 Å². The molecule has 3 aromatic rings. The third-order valence-electron chi connectivity index (χ3n) is 4.01. The van der Waals surface area contributed by atoms with Crippen molar-refractivity contribution in [3.63, 3.8) is 0 Å². The average molecular weight is 300 g/mol. The van der Waals surface area contributed by atoms with Gasteiger partial charge >= 0.3 is 0 Å². The van der Waals surface area contributed by atoms with Crippen LogP contribution in [0.5, 0.6) is 0 Å². The highest BCUT2D eigenvalue weighted by Crippen LogP contribution is 2.33. The van der Waals surface area contributed by atoms with Crippen LogP contribution < -0.4 is 5.43 Å². The molecular formula is C17H18ClN3. The summed E-state index contributed by atoms with van der Waals surface area (Å²) in [5.41, 5.74) is 8.50. The SMILES string of the molecule is Cl.c1ccc2c(Nn3cccc3)c3c(nc2c1)CCCC3. The number of rotatable bonds is 2. The first-order chi connectivity index (χ1) is 9.92. The molecule has 0 amide bonds. The second-order valence-corrected chi connectivity index (χ2v) is 5.34. The van der Waals surface area contributed by atoms with Crippen LogP contribution >= 0.6 is 12.4 Å². The number of hydrogen-bond donors (Lipinski definition) is 1. The van der Waals surface area contributed by atoms with Gasteiger partial charge in [0, 0.05) is 23.5 Å². The van der Waals surface area contributed by atoms with Gasteiger partial charge in [0.25, 0.3) is 0 Å². The summed E-state index contributed by atoms with van der Waals surface area (Å²) in [6.07, 6.45) is 8.79. The van der Waals surface area contributed by atoms with Gasteiger partial charge in [0.15, 0.2) is 0 Å². The molecular weight excluding hydrogens is 282 g/mol. The number of halogens is 1. The van der Waals surface area contributed by atoms with Crippen LogP contribution in [-0.4, -0.2) is 9.66 Å². The maximum atomic E-state index is 4.86. The van der Waals surface area contributed by atoms with Crippen molar-refractivity contribution in [3.05, 3.63) is 60.0 Å². The lowest BCUT2D eigenvalue weighted by Gasteiger charge is -2.22. The van der Waals surface area contributed by atoms with Gasteiger partial charge in [0.1, 0.15) is 0 Å². The minimum Gasteiger partial charge on any atom is -0.294 e. The van der Waals surface area contributed by atoms with E-state index >= 15 is 0 Å². The molecule has 108 valence electrons. The zero-order valence-electron chi connectivity index (χ0n) is 11.7.